The Morgan fingerprint density at radius 1 is 1.30 bits per heavy atom. The number of amides is 1. The number of aliphatic carboxylic acids is 1. The molecular weight excluding hydrogens is 342 g/mol. The number of carboxylic acids is 1. The molecule has 1 aliphatic rings. The predicted molar refractivity (Wildman–Crippen MR) is 103 cm³/mol. The smallest absolute Gasteiger partial charge is 0.303 e. The van der Waals surface area contributed by atoms with Crippen LogP contribution in [-0.4, -0.2) is 32.8 Å². The Labute approximate surface area is 159 Å². The summed E-state index contributed by atoms with van der Waals surface area (Å²) in [5.74, 6) is -0.575. The van der Waals surface area contributed by atoms with Crippen molar-refractivity contribution in [2.24, 2.45) is 0 Å². The van der Waals surface area contributed by atoms with Gasteiger partial charge in [-0.3, -0.25) is 14.3 Å². The Morgan fingerprint density at radius 3 is 2.67 bits per heavy atom. The minimum absolute atomic E-state index is 0.0301. The van der Waals surface area contributed by atoms with Crippen LogP contribution in [-0.2, 0) is 17.8 Å². The number of aromatic nitrogens is 2. The fourth-order valence-electron chi connectivity index (χ4n) is 3.43. The van der Waals surface area contributed by atoms with Gasteiger partial charge in [0, 0.05) is 24.9 Å². The fraction of sp³-hybridized carbons (Fsp3) is 0.476. The Balaban J connectivity index is 1.74. The number of hydrogen-bond acceptors (Lipinski definition) is 3. The monoisotopic (exact) mass is 369 g/mol. The molecule has 0 saturated heterocycles. The number of carbonyl (C=O) groups excluding carboxylic acids is 1. The Hall–Kier alpha value is -2.63. The van der Waals surface area contributed by atoms with Crippen molar-refractivity contribution >= 4 is 11.9 Å². The van der Waals surface area contributed by atoms with Crippen molar-refractivity contribution in [1.29, 1.82) is 0 Å². The largest absolute Gasteiger partial charge is 0.481 e. The van der Waals surface area contributed by atoms with Gasteiger partial charge in [-0.2, -0.15) is 5.10 Å². The van der Waals surface area contributed by atoms with E-state index >= 15 is 0 Å². The number of carboxylic acid groups (broad SMARTS) is 1. The van der Waals surface area contributed by atoms with E-state index in [2.05, 4.69) is 17.3 Å². The number of nitrogens with one attached hydrogen (secondary N) is 1. The van der Waals surface area contributed by atoms with E-state index in [4.69, 9.17) is 5.11 Å². The average molecular weight is 369 g/mol. The Bertz CT molecular complexity index is 781. The van der Waals surface area contributed by atoms with Crippen molar-refractivity contribution in [3.8, 4) is 0 Å². The summed E-state index contributed by atoms with van der Waals surface area (Å²) in [6.45, 7) is 2.91. The van der Waals surface area contributed by atoms with Crippen molar-refractivity contribution in [3.63, 3.8) is 0 Å². The van der Waals surface area contributed by atoms with Gasteiger partial charge in [-0.25, -0.2) is 0 Å². The lowest BCUT2D eigenvalue weighted by atomic mass is 10.0. The third kappa shape index (κ3) is 5.18. The molecule has 0 aliphatic heterocycles. The maximum Gasteiger partial charge on any atom is 0.303 e. The van der Waals surface area contributed by atoms with Gasteiger partial charge in [0.1, 0.15) is 0 Å². The van der Waals surface area contributed by atoms with Crippen LogP contribution >= 0.6 is 0 Å². The van der Waals surface area contributed by atoms with Crippen LogP contribution in [0, 0.1) is 0 Å². The highest BCUT2D eigenvalue weighted by molar-refractivity contribution is 5.95. The molecule has 2 aromatic rings. The van der Waals surface area contributed by atoms with Crippen molar-refractivity contribution in [2.75, 3.05) is 0 Å². The molecule has 144 valence electrons. The second-order valence-corrected chi connectivity index (χ2v) is 7.23. The summed E-state index contributed by atoms with van der Waals surface area (Å²) in [6, 6.07) is 9.61. The number of rotatable bonds is 10. The van der Waals surface area contributed by atoms with Crippen molar-refractivity contribution in [3.05, 3.63) is 53.3 Å². The van der Waals surface area contributed by atoms with Gasteiger partial charge < -0.3 is 10.4 Å². The van der Waals surface area contributed by atoms with E-state index in [9.17, 15) is 9.59 Å². The van der Waals surface area contributed by atoms with Gasteiger partial charge in [0.2, 0.25) is 0 Å². The molecule has 0 bridgehead atoms. The quantitative estimate of drug-likeness (QED) is 0.672. The second kappa shape index (κ2) is 8.84. The van der Waals surface area contributed by atoms with E-state index in [1.54, 1.807) is 6.20 Å². The van der Waals surface area contributed by atoms with E-state index in [-0.39, 0.29) is 18.4 Å². The van der Waals surface area contributed by atoms with Crippen LogP contribution in [0.25, 0.3) is 0 Å². The summed E-state index contributed by atoms with van der Waals surface area (Å²) in [5.41, 5.74) is 2.75. The molecule has 1 aromatic heterocycles. The lowest BCUT2D eigenvalue weighted by Gasteiger charge is -2.18. The van der Waals surface area contributed by atoms with Crippen LogP contribution in [0.4, 0.5) is 0 Å². The molecular formula is C21H27N3O3. The zero-order valence-electron chi connectivity index (χ0n) is 15.7. The van der Waals surface area contributed by atoms with Gasteiger partial charge in [0.05, 0.1) is 17.5 Å². The minimum Gasteiger partial charge on any atom is -0.481 e. The van der Waals surface area contributed by atoms with Gasteiger partial charge in [-0.1, -0.05) is 37.3 Å². The number of nitrogens with zero attached hydrogens (tertiary/aromatic N) is 2. The van der Waals surface area contributed by atoms with Gasteiger partial charge in [0.25, 0.3) is 5.91 Å². The van der Waals surface area contributed by atoms with Crippen LogP contribution in [0.5, 0.6) is 0 Å². The number of aryl methyl sites for hydroxylation is 1. The topological polar surface area (TPSA) is 84.2 Å². The summed E-state index contributed by atoms with van der Waals surface area (Å²) >= 11 is 0. The van der Waals surface area contributed by atoms with E-state index in [0.717, 1.165) is 37.1 Å². The van der Waals surface area contributed by atoms with Gasteiger partial charge in [0.15, 0.2) is 0 Å². The first-order valence-corrected chi connectivity index (χ1v) is 9.70. The van der Waals surface area contributed by atoms with Crippen molar-refractivity contribution in [2.45, 2.75) is 64.0 Å². The molecule has 1 aromatic carbocycles. The Morgan fingerprint density at radius 2 is 2.04 bits per heavy atom. The maximum atomic E-state index is 12.9. The molecule has 1 fully saturated rings. The SMILES string of the molecule is CCCn1ncc(C(=O)NC(CCC(=O)O)Cc2ccccc2)c1C1CC1. The lowest BCUT2D eigenvalue weighted by Crippen LogP contribution is -2.37. The first-order chi connectivity index (χ1) is 13.1. The summed E-state index contributed by atoms with van der Waals surface area (Å²) in [4.78, 5) is 24.0. The van der Waals surface area contributed by atoms with Crippen LogP contribution in [0.2, 0.25) is 0 Å². The summed E-state index contributed by atoms with van der Waals surface area (Å²) < 4.78 is 1.95. The van der Waals surface area contributed by atoms with Gasteiger partial charge in [-0.15, -0.1) is 0 Å². The summed E-state index contributed by atoms with van der Waals surface area (Å²) in [7, 11) is 0. The zero-order valence-corrected chi connectivity index (χ0v) is 15.7. The van der Waals surface area contributed by atoms with Crippen LogP contribution in [0.15, 0.2) is 36.5 Å². The highest BCUT2D eigenvalue weighted by Crippen LogP contribution is 2.41. The molecule has 2 N–H and O–H groups in total. The van der Waals surface area contributed by atoms with Crippen LogP contribution in [0.3, 0.4) is 0 Å². The second-order valence-electron chi connectivity index (χ2n) is 7.23. The molecule has 1 amide bonds. The number of hydrogen-bond donors (Lipinski definition) is 2. The lowest BCUT2D eigenvalue weighted by molar-refractivity contribution is -0.137. The summed E-state index contributed by atoms with van der Waals surface area (Å²) in [5, 5.41) is 16.5. The molecule has 27 heavy (non-hydrogen) atoms. The molecule has 1 heterocycles. The summed E-state index contributed by atoms with van der Waals surface area (Å²) in [6.07, 6.45) is 5.87. The fourth-order valence-corrected chi connectivity index (χ4v) is 3.43. The molecule has 0 spiro atoms. The highest BCUT2D eigenvalue weighted by Gasteiger charge is 2.32. The molecule has 1 saturated carbocycles. The predicted octanol–water partition coefficient (Wildman–Crippen LogP) is 3.38. The first kappa shape index (κ1) is 19.1. The first-order valence-electron chi connectivity index (χ1n) is 9.70. The molecule has 1 unspecified atom stereocenters. The van der Waals surface area contributed by atoms with E-state index in [0.29, 0.717) is 24.3 Å². The van der Waals surface area contributed by atoms with E-state index in [1.165, 1.54) is 0 Å². The average Bonchev–Trinajstić information content (AvgIpc) is 3.40. The number of carbonyl (C=O) groups is 2. The third-order valence-electron chi connectivity index (χ3n) is 4.89. The molecule has 3 rings (SSSR count). The van der Waals surface area contributed by atoms with E-state index in [1.807, 2.05) is 35.0 Å². The van der Waals surface area contributed by atoms with E-state index < -0.39 is 5.97 Å². The zero-order chi connectivity index (χ0) is 19.2. The minimum atomic E-state index is -0.850. The molecule has 6 nitrogen and oxygen atoms in total. The van der Waals surface area contributed by atoms with Gasteiger partial charge in [-0.05, 0) is 37.7 Å². The number of benzene rings is 1. The highest BCUT2D eigenvalue weighted by atomic mass is 16.4. The third-order valence-corrected chi connectivity index (χ3v) is 4.89. The standard InChI is InChI=1S/C21H27N3O3/c1-2-12-24-20(16-8-9-16)18(14-22-24)21(27)23-17(10-11-19(25)26)13-15-6-4-3-5-7-15/h3-7,14,16-17H,2,8-13H2,1H3,(H,23,27)(H,25,26). The van der Waals surface area contributed by atoms with Crippen LogP contribution < -0.4 is 5.32 Å². The Kier molecular flexibility index (Phi) is 6.27. The van der Waals surface area contributed by atoms with Crippen molar-refractivity contribution in [1.82, 2.24) is 15.1 Å². The normalized spacial score (nSPS) is 14.7. The molecule has 6 heteroatoms. The van der Waals surface area contributed by atoms with Gasteiger partial charge >= 0.3 is 5.97 Å². The van der Waals surface area contributed by atoms with Crippen LogP contribution in [0.1, 0.15) is 66.6 Å². The maximum absolute atomic E-state index is 12.9. The molecule has 0 radical (unpaired) electrons. The van der Waals surface area contributed by atoms with Crippen molar-refractivity contribution < 1.29 is 14.7 Å². The molecule has 1 aliphatic carbocycles. The molecule has 1 atom stereocenters.